The Morgan fingerprint density at radius 2 is 1.82 bits per heavy atom. The lowest BCUT2D eigenvalue weighted by atomic mass is 9.85. The molecule has 0 radical (unpaired) electrons. The molecule has 0 bridgehead atoms. The minimum Gasteiger partial charge on any atom is -0.479 e. The second-order valence-electron chi connectivity index (χ2n) is 13.5. The second-order valence-corrected chi connectivity index (χ2v) is 13.5. The highest BCUT2D eigenvalue weighted by Crippen LogP contribution is 2.45. The van der Waals surface area contributed by atoms with Gasteiger partial charge in [-0.3, -0.25) is 14.5 Å². The van der Waals surface area contributed by atoms with Crippen LogP contribution in [-0.2, 0) is 36.9 Å². The average Bonchev–Trinajstić information content (AvgIpc) is 3.38. The van der Waals surface area contributed by atoms with E-state index in [1.807, 2.05) is 0 Å². The molecule has 1 saturated heterocycles. The maximum atomic E-state index is 14.3. The zero-order valence-electron chi connectivity index (χ0n) is 25.8. The number of carboxylic acids is 1. The van der Waals surface area contributed by atoms with E-state index in [2.05, 4.69) is 17.2 Å². The van der Waals surface area contributed by atoms with Crippen LogP contribution in [-0.4, -0.2) is 81.3 Å². The minimum atomic E-state index is -1.54. The molecule has 1 aromatic rings. The third kappa shape index (κ3) is 6.62. The molecule has 2 aliphatic carbocycles. The van der Waals surface area contributed by atoms with Crippen molar-refractivity contribution in [1.29, 1.82) is 0 Å². The number of benzene rings is 1. The van der Waals surface area contributed by atoms with Crippen LogP contribution in [0, 0.1) is 17.2 Å². The Labute approximate surface area is 261 Å². The van der Waals surface area contributed by atoms with E-state index in [-0.39, 0.29) is 38.6 Å². The quantitative estimate of drug-likeness (QED) is 0.370. The van der Waals surface area contributed by atoms with Crippen molar-refractivity contribution >= 4 is 30.0 Å². The number of hydrogen-bond donors (Lipinski definition) is 3. The van der Waals surface area contributed by atoms with Gasteiger partial charge in [-0.05, 0) is 49.1 Å². The fourth-order valence-corrected chi connectivity index (χ4v) is 6.54. The summed E-state index contributed by atoms with van der Waals surface area (Å²) in [5.74, 6) is -3.44. The van der Waals surface area contributed by atoms with Crippen molar-refractivity contribution < 1.29 is 42.9 Å². The van der Waals surface area contributed by atoms with E-state index in [1.165, 1.54) is 21.9 Å². The standard InChI is InChI=1S/C32H41FN4O8/c1-5-19-14-32(19,28(40)41)35-26(38)24-13-21(45-30(43)36-15-18-9-8-12-23(33)22(18)17-36)16-37(24)27(39)25(31(2,3)4)34-29(42)44-20-10-6-7-11-20/h5,8-9,12,19-21,24-25H,1,6-7,10-11,13-17H2,2-4H3,(H,34,42)(H,35,38)(H,40,41). The highest BCUT2D eigenvalue weighted by atomic mass is 19.1. The molecule has 3 N–H and O–H groups in total. The predicted octanol–water partition coefficient (Wildman–Crippen LogP) is 3.48. The topological polar surface area (TPSA) is 155 Å². The maximum Gasteiger partial charge on any atom is 0.410 e. The number of carbonyl (C=O) groups excluding carboxylic acids is 4. The fourth-order valence-electron chi connectivity index (χ4n) is 6.54. The van der Waals surface area contributed by atoms with Gasteiger partial charge in [0.15, 0.2) is 0 Å². The van der Waals surface area contributed by atoms with E-state index in [0.717, 1.165) is 25.7 Å². The van der Waals surface area contributed by atoms with Gasteiger partial charge in [-0.15, -0.1) is 6.58 Å². The summed E-state index contributed by atoms with van der Waals surface area (Å²) in [4.78, 5) is 68.5. The van der Waals surface area contributed by atoms with Gasteiger partial charge in [0, 0.05) is 24.4 Å². The third-order valence-corrected chi connectivity index (χ3v) is 9.28. The first-order valence-corrected chi connectivity index (χ1v) is 15.4. The SMILES string of the molecule is C=CC1CC1(NC(=O)C1CC(OC(=O)N2Cc3cccc(F)c3C2)CN1C(=O)C(NC(=O)OC1CCCC1)C(C)(C)C)C(=O)O. The smallest absolute Gasteiger partial charge is 0.410 e. The number of carboxylic acid groups (broad SMARTS) is 1. The predicted molar refractivity (Wildman–Crippen MR) is 158 cm³/mol. The third-order valence-electron chi connectivity index (χ3n) is 9.28. The van der Waals surface area contributed by atoms with E-state index in [1.54, 1.807) is 32.9 Å². The van der Waals surface area contributed by atoms with Crippen LogP contribution >= 0.6 is 0 Å². The summed E-state index contributed by atoms with van der Waals surface area (Å²) >= 11 is 0. The fraction of sp³-hybridized carbons (Fsp3) is 0.594. The molecular formula is C32H41FN4O8. The van der Waals surface area contributed by atoms with Gasteiger partial charge in [0.25, 0.3) is 0 Å². The van der Waals surface area contributed by atoms with Crippen molar-refractivity contribution in [3.63, 3.8) is 0 Å². The summed E-state index contributed by atoms with van der Waals surface area (Å²) in [6, 6.07) is 2.31. The van der Waals surface area contributed by atoms with Crippen molar-refractivity contribution in [2.24, 2.45) is 11.3 Å². The lowest BCUT2D eigenvalue weighted by Crippen LogP contribution is -2.59. The first kappa shape index (κ1) is 32.2. The Kier molecular flexibility index (Phi) is 8.83. The zero-order valence-corrected chi connectivity index (χ0v) is 25.8. The average molecular weight is 629 g/mol. The molecule has 4 aliphatic rings. The summed E-state index contributed by atoms with van der Waals surface area (Å²) in [5, 5.41) is 15.2. The van der Waals surface area contributed by atoms with E-state index in [0.29, 0.717) is 11.1 Å². The number of alkyl carbamates (subject to hydrolysis) is 1. The maximum absolute atomic E-state index is 14.3. The molecule has 5 atom stereocenters. The number of nitrogens with zero attached hydrogens (tertiary/aromatic N) is 2. The van der Waals surface area contributed by atoms with E-state index >= 15 is 0 Å². The molecule has 4 amide bonds. The zero-order chi connectivity index (χ0) is 32.7. The Hall–Kier alpha value is -4.16. The Bertz CT molecular complexity index is 1390. The molecular weight excluding hydrogens is 587 g/mol. The van der Waals surface area contributed by atoms with E-state index in [9.17, 15) is 33.5 Å². The van der Waals surface area contributed by atoms with E-state index < -0.39 is 70.8 Å². The molecule has 0 spiro atoms. The van der Waals surface area contributed by atoms with Gasteiger partial charge >= 0.3 is 18.2 Å². The first-order valence-electron chi connectivity index (χ1n) is 15.4. The normalized spacial score (nSPS) is 26.5. The van der Waals surface area contributed by atoms with Crippen molar-refractivity contribution in [2.75, 3.05) is 6.54 Å². The van der Waals surface area contributed by atoms with Crippen LogP contribution in [0.3, 0.4) is 0 Å². The number of likely N-dealkylation sites (tertiary alicyclic amines) is 1. The monoisotopic (exact) mass is 628 g/mol. The molecule has 244 valence electrons. The summed E-state index contributed by atoms with van der Waals surface area (Å²) < 4.78 is 25.6. The molecule has 2 aliphatic heterocycles. The number of hydrogen-bond acceptors (Lipinski definition) is 7. The minimum absolute atomic E-state index is 0.0172. The van der Waals surface area contributed by atoms with Gasteiger partial charge in [0.2, 0.25) is 11.8 Å². The van der Waals surface area contributed by atoms with Gasteiger partial charge < -0.3 is 30.1 Å². The van der Waals surface area contributed by atoms with Gasteiger partial charge in [-0.2, -0.15) is 0 Å². The van der Waals surface area contributed by atoms with Crippen molar-refractivity contribution in [2.45, 2.75) is 102 Å². The molecule has 45 heavy (non-hydrogen) atoms. The lowest BCUT2D eigenvalue weighted by molar-refractivity contribution is -0.146. The molecule has 12 nitrogen and oxygen atoms in total. The van der Waals surface area contributed by atoms with Gasteiger partial charge in [-0.25, -0.2) is 18.8 Å². The molecule has 13 heteroatoms. The number of ether oxygens (including phenoxy) is 2. The van der Waals surface area contributed by atoms with Crippen LogP contribution in [0.25, 0.3) is 0 Å². The lowest BCUT2D eigenvalue weighted by Gasteiger charge is -2.35. The second kappa shape index (κ2) is 12.3. The Balaban J connectivity index is 1.34. The number of amides is 4. The van der Waals surface area contributed by atoms with Crippen LogP contribution < -0.4 is 10.6 Å². The van der Waals surface area contributed by atoms with Crippen molar-refractivity contribution in [3.8, 4) is 0 Å². The van der Waals surface area contributed by atoms with Crippen LogP contribution in [0.2, 0.25) is 0 Å². The van der Waals surface area contributed by atoms with Crippen molar-refractivity contribution in [1.82, 2.24) is 20.4 Å². The van der Waals surface area contributed by atoms with Crippen LogP contribution in [0.15, 0.2) is 30.9 Å². The summed E-state index contributed by atoms with van der Waals surface area (Å²) in [6.45, 7) is 8.92. The summed E-state index contributed by atoms with van der Waals surface area (Å²) in [5.41, 5.74) is -1.28. The highest BCUT2D eigenvalue weighted by Gasteiger charge is 2.61. The molecule has 5 unspecified atom stereocenters. The number of halogens is 1. The summed E-state index contributed by atoms with van der Waals surface area (Å²) in [7, 11) is 0. The Morgan fingerprint density at radius 3 is 2.42 bits per heavy atom. The summed E-state index contributed by atoms with van der Waals surface area (Å²) in [6.07, 6.45) is 2.28. The molecule has 0 aromatic heterocycles. The number of nitrogens with one attached hydrogen (secondary N) is 2. The number of fused-ring (bicyclic) bond motifs is 1. The van der Waals surface area contributed by atoms with Gasteiger partial charge in [0.05, 0.1) is 13.1 Å². The highest BCUT2D eigenvalue weighted by molar-refractivity contribution is 5.96. The van der Waals surface area contributed by atoms with Crippen LogP contribution in [0.5, 0.6) is 0 Å². The molecule has 3 fully saturated rings. The molecule has 1 aromatic carbocycles. The molecule has 2 heterocycles. The molecule has 2 saturated carbocycles. The Morgan fingerprint density at radius 1 is 1.11 bits per heavy atom. The largest absolute Gasteiger partial charge is 0.479 e. The van der Waals surface area contributed by atoms with E-state index in [4.69, 9.17) is 9.47 Å². The van der Waals surface area contributed by atoms with Gasteiger partial charge in [-0.1, -0.05) is 39.0 Å². The number of rotatable bonds is 8. The first-order chi connectivity index (χ1) is 21.2. The molecule has 5 rings (SSSR count). The van der Waals surface area contributed by atoms with Crippen LogP contribution in [0.1, 0.15) is 70.4 Å². The van der Waals surface area contributed by atoms with Crippen LogP contribution in [0.4, 0.5) is 14.0 Å². The number of carbonyl (C=O) groups is 5. The van der Waals surface area contributed by atoms with Crippen molar-refractivity contribution in [3.05, 3.63) is 47.8 Å². The number of aliphatic carboxylic acids is 1. The van der Waals surface area contributed by atoms with Gasteiger partial charge in [0.1, 0.15) is 35.6 Å².